The number of carbonyl (C=O) groups is 1. The van der Waals surface area contributed by atoms with E-state index in [0.717, 1.165) is 29.2 Å². The Kier molecular flexibility index (Phi) is 4.26. The van der Waals surface area contributed by atoms with Gasteiger partial charge in [0.15, 0.2) is 0 Å². The molecule has 1 aromatic heterocycles. The molecule has 7 heteroatoms. The third-order valence-electron chi connectivity index (χ3n) is 3.98. The van der Waals surface area contributed by atoms with Crippen LogP contribution >= 0.6 is 0 Å². The van der Waals surface area contributed by atoms with E-state index < -0.39 is 11.7 Å². The standard InChI is InChI=1S/C17H16F3N3O/c1-2-15-21-8-12-9-23(10-14(12)22-15)16(24)7-11-4-3-5-13(6-11)17(18,19)20/h3-6,8H,2,7,9-10H2,1H3. The zero-order valence-corrected chi connectivity index (χ0v) is 13.1. The van der Waals surface area contributed by atoms with Crippen LogP contribution in [0, 0.1) is 0 Å². The maximum Gasteiger partial charge on any atom is 0.416 e. The summed E-state index contributed by atoms with van der Waals surface area (Å²) in [5.74, 6) is 0.506. The number of nitrogens with zero attached hydrogens (tertiary/aromatic N) is 3. The minimum atomic E-state index is -4.41. The molecule has 1 amide bonds. The molecular formula is C17H16F3N3O. The van der Waals surface area contributed by atoms with E-state index in [9.17, 15) is 18.0 Å². The van der Waals surface area contributed by atoms with Crippen LogP contribution in [-0.2, 0) is 36.9 Å². The lowest BCUT2D eigenvalue weighted by molar-refractivity contribution is -0.138. The second-order valence-corrected chi connectivity index (χ2v) is 5.74. The van der Waals surface area contributed by atoms with Crippen LogP contribution < -0.4 is 0 Å². The highest BCUT2D eigenvalue weighted by molar-refractivity contribution is 5.79. The van der Waals surface area contributed by atoms with Gasteiger partial charge in [0.25, 0.3) is 0 Å². The number of aryl methyl sites for hydroxylation is 1. The van der Waals surface area contributed by atoms with Crippen LogP contribution in [0.5, 0.6) is 0 Å². The van der Waals surface area contributed by atoms with Gasteiger partial charge in [0.05, 0.1) is 24.2 Å². The number of aromatic nitrogens is 2. The number of halogens is 3. The van der Waals surface area contributed by atoms with Crippen LogP contribution in [-0.4, -0.2) is 20.8 Å². The summed E-state index contributed by atoms with van der Waals surface area (Å²) in [7, 11) is 0. The van der Waals surface area contributed by atoms with Crippen molar-refractivity contribution < 1.29 is 18.0 Å². The number of fused-ring (bicyclic) bond motifs is 1. The highest BCUT2D eigenvalue weighted by Gasteiger charge is 2.31. The summed E-state index contributed by atoms with van der Waals surface area (Å²) in [6, 6.07) is 4.88. The van der Waals surface area contributed by atoms with Gasteiger partial charge in [0.1, 0.15) is 5.82 Å². The van der Waals surface area contributed by atoms with Crippen LogP contribution in [0.1, 0.15) is 35.1 Å². The summed E-state index contributed by atoms with van der Waals surface area (Å²) in [5, 5.41) is 0. The van der Waals surface area contributed by atoms with Crippen LogP contribution in [0.15, 0.2) is 30.5 Å². The van der Waals surface area contributed by atoms with Crippen molar-refractivity contribution in [2.24, 2.45) is 0 Å². The molecule has 4 nitrogen and oxygen atoms in total. The van der Waals surface area contributed by atoms with Gasteiger partial charge >= 0.3 is 6.18 Å². The molecule has 0 saturated heterocycles. The number of carbonyl (C=O) groups excluding carboxylic acids is 1. The number of rotatable bonds is 3. The molecule has 24 heavy (non-hydrogen) atoms. The maximum atomic E-state index is 12.7. The Labute approximate surface area is 137 Å². The molecule has 0 saturated carbocycles. The van der Waals surface area contributed by atoms with Crippen LogP contribution in [0.4, 0.5) is 13.2 Å². The van der Waals surface area contributed by atoms with Gasteiger partial charge in [0.2, 0.25) is 5.91 Å². The van der Waals surface area contributed by atoms with Crippen molar-refractivity contribution >= 4 is 5.91 Å². The summed E-state index contributed by atoms with van der Waals surface area (Å²) in [6.45, 7) is 2.73. The van der Waals surface area contributed by atoms with E-state index in [1.807, 2.05) is 6.92 Å². The van der Waals surface area contributed by atoms with Crippen LogP contribution in [0.2, 0.25) is 0 Å². The molecule has 0 bridgehead atoms. The highest BCUT2D eigenvalue weighted by Crippen LogP contribution is 2.30. The predicted octanol–water partition coefficient (Wildman–Crippen LogP) is 3.14. The topological polar surface area (TPSA) is 46.1 Å². The summed E-state index contributed by atoms with van der Waals surface area (Å²) < 4.78 is 38.2. The largest absolute Gasteiger partial charge is 0.416 e. The van der Waals surface area contributed by atoms with Gasteiger partial charge in [-0.3, -0.25) is 4.79 Å². The molecule has 3 rings (SSSR count). The molecule has 0 unspecified atom stereocenters. The van der Waals surface area contributed by atoms with E-state index in [2.05, 4.69) is 9.97 Å². The number of amides is 1. The fourth-order valence-corrected chi connectivity index (χ4v) is 2.69. The lowest BCUT2D eigenvalue weighted by Gasteiger charge is -2.15. The van der Waals surface area contributed by atoms with E-state index in [1.54, 1.807) is 11.1 Å². The number of benzene rings is 1. The summed E-state index contributed by atoms with van der Waals surface area (Å²) in [4.78, 5) is 22.6. The average molecular weight is 335 g/mol. The molecule has 1 aliphatic rings. The van der Waals surface area contributed by atoms with Crippen molar-refractivity contribution in [1.29, 1.82) is 0 Å². The Morgan fingerprint density at radius 2 is 2.08 bits per heavy atom. The van der Waals surface area contributed by atoms with Crippen molar-refractivity contribution in [3.63, 3.8) is 0 Å². The molecule has 0 N–H and O–H groups in total. The minimum Gasteiger partial charge on any atom is -0.332 e. The Balaban J connectivity index is 1.71. The summed E-state index contributed by atoms with van der Waals surface area (Å²) in [6.07, 6.45) is -2.04. The molecular weight excluding hydrogens is 319 g/mol. The molecule has 1 aliphatic heterocycles. The number of alkyl halides is 3. The first-order valence-electron chi connectivity index (χ1n) is 7.64. The molecule has 0 spiro atoms. The van der Waals surface area contributed by atoms with Gasteiger partial charge in [-0.1, -0.05) is 25.1 Å². The zero-order valence-electron chi connectivity index (χ0n) is 13.1. The second-order valence-electron chi connectivity index (χ2n) is 5.74. The molecule has 0 fully saturated rings. The zero-order chi connectivity index (χ0) is 17.3. The maximum absolute atomic E-state index is 12.7. The Morgan fingerprint density at radius 1 is 1.29 bits per heavy atom. The molecule has 1 aromatic carbocycles. The van der Waals surface area contributed by atoms with Crippen molar-refractivity contribution in [3.05, 3.63) is 58.7 Å². The normalized spacial score (nSPS) is 13.9. The van der Waals surface area contributed by atoms with Gasteiger partial charge in [-0.2, -0.15) is 13.2 Å². The molecule has 0 atom stereocenters. The van der Waals surface area contributed by atoms with Crippen LogP contribution in [0.3, 0.4) is 0 Å². The quantitative estimate of drug-likeness (QED) is 0.866. The van der Waals surface area contributed by atoms with Gasteiger partial charge in [0, 0.05) is 24.7 Å². The minimum absolute atomic E-state index is 0.0635. The number of hydrogen-bond acceptors (Lipinski definition) is 3. The molecule has 0 radical (unpaired) electrons. The molecule has 0 aliphatic carbocycles. The third-order valence-corrected chi connectivity index (χ3v) is 3.98. The average Bonchev–Trinajstić information content (AvgIpc) is 2.97. The third kappa shape index (κ3) is 3.39. The van der Waals surface area contributed by atoms with E-state index in [-0.39, 0.29) is 12.3 Å². The van der Waals surface area contributed by atoms with E-state index in [0.29, 0.717) is 25.1 Å². The summed E-state index contributed by atoms with van der Waals surface area (Å²) >= 11 is 0. The van der Waals surface area contributed by atoms with Gasteiger partial charge in [-0.25, -0.2) is 9.97 Å². The predicted molar refractivity (Wildman–Crippen MR) is 80.8 cm³/mol. The lowest BCUT2D eigenvalue weighted by Crippen LogP contribution is -2.27. The first-order valence-corrected chi connectivity index (χ1v) is 7.64. The van der Waals surface area contributed by atoms with E-state index in [4.69, 9.17) is 0 Å². The lowest BCUT2D eigenvalue weighted by atomic mass is 10.1. The Morgan fingerprint density at radius 3 is 2.79 bits per heavy atom. The van der Waals surface area contributed by atoms with Gasteiger partial charge in [-0.15, -0.1) is 0 Å². The van der Waals surface area contributed by atoms with Gasteiger partial charge < -0.3 is 4.90 Å². The Hall–Kier alpha value is -2.44. The van der Waals surface area contributed by atoms with E-state index in [1.165, 1.54) is 12.1 Å². The van der Waals surface area contributed by atoms with Gasteiger partial charge in [-0.05, 0) is 11.6 Å². The van der Waals surface area contributed by atoms with Crippen molar-refractivity contribution in [2.75, 3.05) is 0 Å². The second kappa shape index (κ2) is 6.22. The van der Waals surface area contributed by atoms with Crippen molar-refractivity contribution in [2.45, 2.75) is 39.0 Å². The smallest absolute Gasteiger partial charge is 0.332 e. The fraction of sp³-hybridized carbons (Fsp3) is 0.353. The van der Waals surface area contributed by atoms with Crippen molar-refractivity contribution in [3.8, 4) is 0 Å². The monoisotopic (exact) mass is 335 g/mol. The highest BCUT2D eigenvalue weighted by atomic mass is 19.4. The molecule has 126 valence electrons. The Bertz CT molecular complexity index is 774. The van der Waals surface area contributed by atoms with E-state index >= 15 is 0 Å². The number of hydrogen-bond donors (Lipinski definition) is 0. The fourth-order valence-electron chi connectivity index (χ4n) is 2.69. The van der Waals surface area contributed by atoms with Crippen molar-refractivity contribution in [1.82, 2.24) is 14.9 Å². The summed E-state index contributed by atoms with van der Waals surface area (Å²) in [5.41, 5.74) is 1.32. The first-order chi connectivity index (χ1) is 11.4. The SMILES string of the molecule is CCc1ncc2c(n1)CN(C(=O)Cc1cccc(C(F)(F)F)c1)C2. The molecule has 2 heterocycles. The first kappa shape index (κ1) is 16.4. The molecule has 2 aromatic rings. The van der Waals surface area contributed by atoms with Crippen LogP contribution in [0.25, 0.3) is 0 Å².